The summed E-state index contributed by atoms with van der Waals surface area (Å²) in [5, 5.41) is 12.0. The summed E-state index contributed by atoms with van der Waals surface area (Å²) >= 11 is 0. The highest BCUT2D eigenvalue weighted by Crippen LogP contribution is 2.33. The van der Waals surface area contributed by atoms with Crippen LogP contribution in [-0.4, -0.2) is 42.6 Å². The van der Waals surface area contributed by atoms with Crippen molar-refractivity contribution in [3.8, 4) is 5.75 Å². The van der Waals surface area contributed by atoms with Crippen LogP contribution in [0.1, 0.15) is 25.7 Å². The van der Waals surface area contributed by atoms with Crippen molar-refractivity contribution in [2.75, 3.05) is 18.6 Å². The van der Waals surface area contributed by atoms with Gasteiger partial charge in [-0.2, -0.15) is 0 Å². The molecule has 2 N–H and O–H groups in total. The second-order valence-corrected chi connectivity index (χ2v) is 6.63. The average Bonchev–Trinajstić information content (AvgIpc) is 3.21. The molecule has 7 heteroatoms. The predicted octanol–water partition coefficient (Wildman–Crippen LogP) is 1.42. The van der Waals surface area contributed by atoms with E-state index in [9.17, 15) is 14.4 Å². The Balaban J connectivity index is 1.62. The minimum Gasteiger partial charge on any atom is -0.495 e. The van der Waals surface area contributed by atoms with Gasteiger partial charge in [0.15, 0.2) is 0 Å². The number of methoxy groups -OCH3 is 1. The molecule has 1 unspecified atom stereocenters. The number of amides is 2. The fourth-order valence-electron chi connectivity index (χ4n) is 3.62. The van der Waals surface area contributed by atoms with Gasteiger partial charge < -0.3 is 20.1 Å². The van der Waals surface area contributed by atoms with Crippen LogP contribution in [0, 0.1) is 11.8 Å². The van der Waals surface area contributed by atoms with Gasteiger partial charge in [-0.25, -0.2) is 0 Å². The Labute approximate surface area is 146 Å². The number of carboxylic acid groups (broad SMARTS) is 1. The topological polar surface area (TPSA) is 95.9 Å². The number of carbonyl (C=O) groups is 3. The molecule has 1 saturated carbocycles. The molecular formula is C18H22N2O5. The van der Waals surface area contributed by atoms with Crippen molar-refractivity contribution in [1.29, 1.82) is 0 Å². The van der Waals surface area contributed by atoms with Crippen molar-refractivity contribution in [1.82, 2.24) is 5.32 Å². The molecule has 0 spiro atoms. The van der Waals surface area contributed by atoms with Gasteiger partial charge in [0, 0.05) is 19.0 Å². The number of aliphatic carboxylic acids is 1. The molecule has 1 aromatic rings. The van der Waals surface area contributed by atoms with Crippen molar-refractivity contribution < 1.29 is 24.2 Å². The minimum absolute atomic E-state index is 0.112. The van der Waals surface area contributed by atoms with Gasteiger partial charge in [-0.3, -0.25) is 14.4 Å². The lowest BCUT2D eigenvalue weighted by Crippen LogP contribution is -2.39. The van der Waals surface area contributed by atoms with Crippen LogP contribution in [0.4, 0.5) is 5.69 Å². The SMILES string of the molecule is COc1ccccc1N1CC(C(=O)N[C@@H]2CC[C@H](C(=O)O)C2)CC1=O. The first-order valence-electron chi connectivity index (χ1n) is 8.46. The molecule has 7 nitrogen and oxygen atoms in total. The zero-order valence-electron chi connectivity index (χ0n) is 14.1. The second-order valence-electron chi connectivity index (χ2n) is 6.63. The number of anilines is 1. The summed E-state index contributed by atoms with van der Waals surface area (Å²) in [4.78, 5) is 37.4. The van der Waals surface area contributed by atoms with E-state index in [1.54, 1.807) is 24.1 Å². The van der Waals surface area contributed by atoms with Gasteiger partial charge in [0.25, 0.3) is 0 Å². The van der Waals surface area contributed by atoms with Gasteiger partial charge in [-0.05, 0) is 31.4 Å². The van der Waals surface area contributed by atoms with E-state index in [4.69, 9.17) is 9.84 Å². The number of hydrogen-bond acceptors (Lipinski definition) is 4. The normalized spacial score (nSPS) is 25.9. The van der Waals surface area contributed by atoms with Crippen LogP contribution in [0.25, 0.3) is 0 Å². The monoisotopic (exact) mass is 346 g/mol. The summed E-state index contributed by atoms with van der Waals surface area (Å²) in [6, 6.07) is 7.10. The smallest absolute Gasteiger partial charge is 0.306 e. The Morgan fingerprint density at radius 3 is 2.68 bits per heavy atom. The Morgan fingerprint density at radius 1 is 1.24 bits per heavy atom. The largest absolute Gasteiger partial charge is 0.495 e. The van der Waals surface area contributed by atoms with Crippen molar-refractivity contribution in [3.05, 3.63) is 24.3 Å². The van der Waals surface area contributed by atoms with Gasteiger partial charge in [0.05, 0.1) is 24.6 Å². The molecule has 2 amide bonds. The Hall–Kier alpha value is -2.57. The lowest BCUT2D eigenvalue weighted by Gasteiger charge is -2.20. The number of nitrogens with one attached hydrogen (secondary N) is 1. The molecule has 0 aromatic heterocycles. The third-order valence-electron chi connectivity index (χ3n) is 5.00. The molecule has 1 aliphatic carbocycles. The first-order chi connectivity index (χ1) is 12.0. The average molecular weight is 346 g/mol. The molecule has 25 heavy (non-hydrogen) atoms. The van der Waals surface area contributed by atoms with E-state index in [-0.39, 0.29) is 30.2 Å². The number of ether oxygens (including phenoxy) is 1. The van der Waals surface area contributed by atoms with Crippen LogP contribution >= 0.6 is 0 Å². The van der Waals surface area contributed by atoms with Crippen LogP contribution in [0.3, 0.4) is 0 Å². The van der Waals surface area contributed by atoms with Crippen LogP contribution in [0.5, 0.6) is 5.75 Å². The first kappa shape index (κ1) is 17.3. The predicted molar refractivity (Wildman–Crippen MR) is 90.4 cm³/mol. The molecule has 2 aliphatic rings. The van der Waals surface area contributed by atoms with Gasteiger partial charge in [0.2, 0.25) is 11.8 Å². The third-order valence-corrected chi connectivity index (χ3v) is 5.00. The maximum Gasteiger partial charge on any atom is 0.306 e. The molecular weight excluding hydrogens is 324 g/mol. The highest BCUT2D eigenvalue weighted by Gasteiger charge is 2.38. The van der Waals surface area contributed by atoms with Crippen LogP contribution < -0.4 is 15.0 Å². The van der Waals surface area contributed by atoms with Crippen molar-refractivity contribution >= 4 is 23.5 Å². The molecule has 1 saturated heterocycles. The van der Waals surface area contributed by atoms with E-state index in [2.05, 4.69) is 5.32 Å². The maximum absolute atomic E-state index is 12.5. The molecule has 0 bridgehead atoms. The summed E-state index contributed by atoms with van der Waals surface area (Å²) in [6.07, 6.45) is 1.85. The van der Waals surface area contributed by atoms with Gasteiger partial charge in [-0.1, -0.05) is 12.1 Å². The van der Waals surface area contributed by atoms with E-state index in [0.717, 1.165) is 0 Å². The van der Waals surface area contributed by atoms with Gasteiger partial charge in [-0.15, -0.1) is 0 Å². The van der Waals surface area contributed by atoms with E-state index in [1.165, 1.54) is 0 Å². The van der Waals surface area contributed by atoms with Crippen molar-refractivity contribution in [2.24, 2.45) is 11.8 Å². The van der Waals surface area contributed by atoms with Crippen LogP contribution in [0.15, 0.2) is 24.3 Å². The number of carboxylic acids is 1. The van der Waals surface area contributed by atoms with E-state index in [0.29, 0.717) is 37.2 Å². The second kappa shape index (κ2) is 7.13. The minimum atomic E-state index is -0.810. The van der Waals surface area contributed by atoms with Crippen molar-refractivity contribution in [3.63, 3.8) is 0 Å². The number of carbonyl (C=O) groups excluding carboxylic acids is 2. The quantitative estimate of drug-likeness (QED) is 0.840. The Bertz CT molecular complexity index is 690. The number of para-hydroxylation sites is 2. The molecule has 2 fully saturated rings. The number of hydrogen-bond donors (Lipinski definition) is 2. The fourth-order valence-corrected chi connectivity index (χ4v) is 3.62. The third kappa shape index (κ3) is 3.60. The Kier molecular flexibility index (Phi) is 4.92. The molecule has 1 aromatic carbocycles. The standard InChI is InChI=1S/C18H22N2O5/c1-25-15-5-3-2-4-14(15)20-10-12(9-16(20)21)17(22)19-13-7-6-11(8-13)18(23)24/h2-5,11-13H,6-10H2,1H3,(H,19,22)(H,23,24)/t11-,12?,13+/m0/s1. The summed E-state index contributed by atoms with van der Waals surface area (Å²) in [5.41, 5.74) is 0.664. The van der Waals surface area contributed by atoms with Crippen LogP contribution in [0.2, 0.25) is 0 Å². The molecule has 134 valence electrons. The number of rotatable bonds is 5. The van der Waals surface area contributed by atoms with Crippen molar-refractivity contribution in [2.45, 2.75) is 31.7 Å². The van der Waals surface area contributed by atoms with Gasteiger partial charge in [0.1, 0.15) is 5.75 Å². The fraction of sp³-hybridized carbons (Fsp3) is 0.500. The Morgan fingerprint density at radius 2 is 2.00 bits per heavy atom. The lowest BCUT2D eigenvalue weighted by molar-refractivity contribution is -0.141. The lowest BCUT2D eigenvalue weighted by atomic mass is 10.1. The summed E-state index contributed by atoms with van der Waals surface area (Å²) in [5.74, 6) is -1.32. The first-order valence-corrected chi connectivity index (χ1v) is 8.46. The van der Waals surface area contributed by atoms with E-state index < -0.39 is 11.9 Å². The van der Waals surface area contributed by atoms with E-state index >= 15 is 0 Å². The number of benzene rings is 1. The molecule has 3 atom stereocenters. The maximum atomic E-state index is 12.5. The highest BCUT2D eigenvalue weighted by atomic mass is 16.5. The molecule has 1 heterocycles. The summed E-state index contributed by atoms with van der Waals surface area (Å²) in [6.45, 7) is 0.306. The molecule has 1 aliphatic heterocycles. The summed E-state index contributed by atoms with van der Waals surface area (Å²) < 4.78 is 5.29. The molecule has 3 rings (SSSR count). The van der Waals surface area contributed by atoms with E-state index in [1.807, 2.05) is 12.1 Å². The summed E-state index contributed by atoms with van der Waals surface area (Å²) in [7, 11) is 1.54. The van der Waals surface area contributed by atoms with Crippen LogP contribution in [-0.2, 0) is 14.4 Å². The molecule has 0 radical (unpaired) electrons. The number of nitrogens with zero attached hydrogens (tertiary/aromatic N) is 1. The zero-order valence-corrected chi connectivity index (χ0v) is 14.1. The van der Waals surface area contributed by atoms with Gasteiger partial charge >= 0.3 is 5.97 Å². The highest BCUT2D eigenvalue weighted by molar-refractivity contribution is 6.01. The zero-order chi connectivity index (χ0) is 18.0.